The van der Waals surface area contributed by atoms with Gasteiger partial charge in [0.2, 0.25) is 21.8 Å². The van der Waals surface area contributed by atoms with Gasteiger partial charge in [0.05, 0.1) is 42.1 Å². The molecular weight excluding hydrogens is 797 g/mol. The van der Waals surface area contributed by atoms with E-state index in [1.54, 1.807) is 35.4 Å². The molecule has 0 spiro atoms. The van der Waals surface area contributed by atoms with Crippen molar-refractivity contribution in [3.63, 3.8) is 0 Å². The van der Waals surface area contributed by atoms with Crippen LogP contribution >= 0.6 is 0 Å². The number of imidazole rings is 2. The highest BCUT2D eigenvalue weighted by Crippen LogP contribution is 2.37. The lowest BCUT2D eigenvalue weighted by Crippen LogP contribution is -2.42. The van der Waals surface area contributed by atoms with Gasteiger partial charge in [-0.15, -0.1) is 0 Å². The molecule has 12 nitrogen and oxygen atoms in total. The number of carbonyl (C=O) groups excluding carboxylic acids is 2. The van der Waals surface area contributed by atoms with Crippen molar-refractivity contribution in [2.45, 2.75) is 62.7 Å². The second-order valence-electron chi connectivity index (χ2n) is 16.4. The van der Waals surface area contributed by atoms with Crippen LogP contribution in [0.3, 0.4) is 0 Å². The second kappa shape index (κ2) is 17.9. The number of H-pyrrole nitrogens is 2. The lowest BCUT2D eigenvalue weighted by molar-refractivity contribution is -0.138. The average Bonchev–Trinajstić information content (AvgIpc) is 4.16. The predicted octanol–water partition coefficient (Wildman–Crippen LogP) is 7.32. The number of benzene rings is 4. The molecule has 3 saturated heterocycles. The fourth-order valence-electron chi connectivity index (χ4n) is 9.13. The first-order valence-corrected chi connectivity index (χ1v) is 23.3. The predicted molar refractivity (Wildman–Crippen MR) is 239 cm³/mol. The molecule has 0 saturated carbocycles. The third-order valence-electron chi connectivity index (χ3n) is 12.2. The van der Waals surface area contributed by atoms with Gasteiger partial charge in [-0.2, -0.15) is 4.72 Å². The smallest absolute Gasteiger partial charge is 0.245 e. The summed E-state index contributed by atoms with van der Waals surface area (Å²) in [5.41, 5.74) is 7.04. The first-order chi connectivity index (χ1) is 30.2. The number of hydrogen-bond donors (Lipinski definition) is 3. The number of rotatable bonds is 11. The molecule has 4 aromatic carbocycles. The van der Waals surface area contributed by atoms with Crippen LogP contribution in [0.1, 0.15) is 96.6 Å². The van der Waals surface area contributed by atoms with E-state index in [4.69, 9.17) is 4.98 Å². The maximum Gasteiger partial charge on any atom is 0.245 e. The highest BCUT2D eigenvalue weighted by Gasteiger charge is 2.40. The fraction of sp³-hybridized carbons (Fsp3) is 0.306. The van der Waals surface area contributed by atoms with E-state index in [9.17, 15) is 18.0 Å². The number of aromatic amines is 2. The molecule has 5 heterocycles. The molecule has 3 aliphatic heterocycles. The Morgan fingerprint density at radius 3 is 1.58 bits per heavy atom. The number of nitrogens with zero attached hydrogens (tertiary/aromatic N) is 5. The first kappa shape index (κ1) is 41.0. The summed E-state index contributed by atoms with van der Waals surface area (Å²) in [5, 5.41) is 0. The third-order valence-corrected chi connectivity index (χ3v) is 12.9. The van der Waals surface area contributed by atoms with E-state index in [2.05, 4.69) is 48.5 Å². The molecule has 0 unspecified atom stereocenters. The van der Waals surface area contributed by atoms with Crippen molar-refractivity contribution in [1.29, 1.82) is 0 Å². The zero-order valence-corrected chi connectivity index (χ0v) is 35.5. The Bertz CT molecular complexity index is 2680. The van der Waals surface area contributed by atoms with Crippen LogP contribution in [0, 0.1) is 11.8 Å². The normalized spacial score (nSPS) is 19.0. The van der Waals surface area contributed by atoms with Gasteiger partial charge in [0.1, 0.15) is 23.7 Å². The van der Waals surface area contributed by atoms with Crippen molar-refractivity contribution in [2.24, 2.45) is 0 Å². The summed E-state index contributed by atoms with van der Waals surface area (Å²) < 4.78 is 27.0. The van der Waals surface area contributed by atoms with Gasteiger partial charge in [0.25, 0.3) is 0 Å². The topological polar surface area (TPSA) is 147 Å². The van der Waals surface area contributed by atoms with Crippen molar-refractivity contribution in [2.75, 3.05) is 32.4 Å². The van der Waals surface area contributed by atoms with Crippen LogP contribution in [0.4, 0.5) is 0 Å². The molecule has 3 N–H and O–H groups in total. The summed E-state index contributed by atoms with van der Waals surface area (Å²) >= 11 is 0. The third kappa shape index (κ3) is 8.99. The fourth-order valence-corrected chi connectivity index (χ4v) is 9.80. The summed E-state index contributed by atoms with van der Waals surface area (Å²) in [5.74, 6) is 7.90. The molecule has 316 valence electrons. The SMILES string of the molecule is CS(=O)(=O)N[C@@H](C(=O)N1CCC[C@H]1c1ncc(-c2ccc(C#Cc3ccc(-c4cnc([C@@H]5CCCN5C(=O)[C@@H](c5ccccc5)N5CCCC5)[nH]4)cc3)cc2)[nH]1)c1ccccc1. The van der Waals surface area contributed by atoms with Crippen LogP contribution in [0.2, 0.25) is 0 Å². The number of carbonyl (C=O) groups is 2. The largest absolute Gasteiger partial charge is 0.340 e. The Hall–Kier alpha value is -6.33. The summed E-state index contributed by atoms with van der Waals surface area (Å²) in [6, 6.07) is 33.4. The Morgan fingerprint density at radius 1 is 0.629 bits per heavy atom. The van der Waals surface area contributed by atoms with Crippen LogP contribution in [-0.2, 0) is 19.6 Å². The summed E-state index contributed by atoms with van der Waals surface area (Å²) in [6.45, 7) is 3.11. The Morgan fingerprint density at radius 2 is 1.10 bits per heavy atom. The van der Waals surface area contributed by atoms with Crippen molar-refractivity contribution >= 4 is 21.8 Å². The molecule has 13 heteroatoms. The number of nitrogens with one attached hydrogen (secondary N) is 3. The molecule has 9 rings (SSSR count). The maximum absolute atomic E-state index is 14.2. The standard InChI is InChI=1S/C49H50N8O4S/c1-62(60,61)54-44(38-12-4-2-5-13-38)48(58)56-30-10-16-42(56)46-50-32-40(52-46)36-24-20-34(21-25-36)18-19-35-22-26-37(27-23-35)41-33-51-47(53-41)43-17-11-31-57(43)49(59)45(55-28-8-9-29-55)39-14-6-3-7-15-39/h2-7,12-15,20-27,32-33,42-45,54H,8-11,16-17,28-31H2,1H3,(H,50,52)(H,51,53)/t42-,43-,44+,45+/m0/s1. The van der Waals surface area contributed by atoms with E-state index in [0.29, 0.717) is 24.4 Å². The molecule has 62 heavy (non-hydrogen) atoms. The molecule has 4 atom stereocenters. The minimum absolute atomic E-state index is 0.0865. The average molecular weight is 847 g/mol. The van der Waals surface area contributed by atoms with Gasteiger partial charge >= 0.3 is 0 Å². The van der Waals surface area contributed by atoms with Gasteiger partial charge < -0.3 is 19.8 Å². The molecule has 3 aliphatic rings. The molecule has 0 radical (unpaired) electrons. The van der Waals surface area contributed by atoms with E-state index < -0.39 is 16.1 Å². The first-order valence-electron chi connectivity index (χ1n) is 21.4. The van der Waals surface area contributed by atoms with Gasteiger partial charge in [-0.25, -0.2) is 18.4 Å². The monoisotopic (exact) mass is 846 g/mol. The van der Waals surface area contributed by atoms with Gasteiger partial charge in [-0.05, 0) is 98.1 Å². The van der Waals surface area contributed by atoms with Gasteiger partial charge in [-0.3, -0.25) is 14.5 Å². The minimum Gasteiger partial charge on any atom is -0.340 e. The minimum atomic E-state index is -3.66. The van der Waals surface area contributed by atoms with E-state index in [-0.39, 0.29) is 29.9 Å². The maximum atomic E-state index is 14.2. The number of amides is 2. The summed E-state index contributed by atoms with van der Waals surface area (Å²) in [4.78, 5) is 50.6. The van der Waals surface area contributed by atoms with Crippen molar-refractivity contribution in [3.05, 3.63) is 155 Å². The van der Waals surface area contributed by atoms with Crippen molar-refractivity contribution in [1.82, 2.24) is 39.4 Å². The quantitative estimate of drug-likeness (QED) is 0.116. The Labute approximate surface area is 362 Å². The van der Waals surface area contributed by atoms with Gasteiger partial charge in [0, 0.05) is 24.2 Å². The van der Waals surface area contributed by atoms with E-state index in [1.807, 2.05) is 83.9 Å². The number of hydrogen-bond acceptors (Lipinski definition) is 7. The molecule has 3 fully saturated rings. The number of aromatic nitrogens is 4. The van der Waals surface area contributed by atoms with E-state index >= 15 is 0 Å². The molecule has 2 aromatic heterocycles. The van der Waals surface area contributed by atoms with E-state index in [1.165, 1.54) is 0 Å². The Kier molecular flexibility index (Phi) is 11.9. The highest BCUT2D eigenvalue weighted by molar-refractivity contribution is 7.88. The number of sulfonamides is 1. The number of likely N-dealkylation sites (tertiary alicyclic amines) is 3. The molecule has 6 aromatic rings. The van der Waals surface area contributed by atoms with Crippen LogP contribution in [0.5, 0.6) is 0 Å². The van der Waals surface area contributed by atoms with Gasteiger partial charge in [0.15, 0.2) is 0 Å². The van der Waals surface area contributed by atoms with Crippen LogP contribution in [0.25, 0.3) is 22.5 Å². The zero-order valence-electron chi connectivity index (χ0n) is 34.7. The lowest BCUT2D eigenvalue weighted by Gasteiger charge is -2.33. The molecule has 0 aliphatic carbocycles. The van der Waals surface area contributed by atoms with Crippen LogP contribution < -0.4 is 4.72 Å². The highest BCUT2D eigenvalue weighted by atomic mass is 32.2. The van der Waals surface area contributed by atoms with Crippen molar-refractivity contribution < 1.29 is 18.0 Å². The Balaban J connectivity index is 0.838. The summed E-state index contributed by atoms with van der Waals surface area (Å²) in [7, 11) is -3.66. The second-order valence-corrected chi connectivity index (χ2v) is 18.2. The van der Waals surface area contributed by atoms with Crippen molar-refractivity contribution in [3.8, 4) is 34.4 Å². The summed E-state index contributed by atoms with van der Waals surface area (Å²) in [6.07, 6.45) is 10.3. The molecule has 0 bridgehead atoms. The molecule has 2 amide bonds. The van der Waals surface area contributed by atoms with Gasteiger partial charge in [-0.1, -0.05) is 96.8 Å². The van der Waals surface area contributed by atoms with Crippen LogP contribution in [-0.4, -0.2) is 87.3 Å². The van der Waals surface area contributed by atoms with E-state index in [0.717, 1.165) is 103 Å². The molecular formula is C49H50N8O4S. The lowest BCUT2D eigenvalue weighted by atomic mass is 10.0. The van der Waals surface area contributed by atoms with Crippen LogP contribution in [0.15, 0.2) is 122 Å². The zero-order chi connectivity index (χ0) is 42.6.